The zero-order chi connectivity index (χ0) is 12.0. The first-order chi connectivity index (χ1) is 7.70. The smallest absolute Gasteiger partial charge is 0.0988 e. The standard InChI is InChI=1S/C13H21NO2/c1-4-11-6-5-8-14-12(11)13(15)10(2)7-9-16-3/h5-6,8,10,13,15H,4,7,9H2,1-3H3. The molecule has 2 atom stereocenters. The zero-order valence-corrected chi connectivity index (χ0v) is 10.3. The molecule has 1 rings (SSSR count). The summed E-state index contributed by atoms with van der Waals surface area (Å²) in [5.74, 6) is 0.167. The van der Waals surface area contributed by atoms with Gasteiger partial charge in [-0.1, -0.05) is 19.9 Å². The molecular weight excluding hydrogens is 202 g/mol. The van der Waals surface area contributed by atoms with E-state index in [0.29, 0.717) is 6.61 Å². The summed E-state index contributed by atoms with van der Waals surface area (Å²) in [4.78, 5) is 4.29. The van der Waals surface area contributed by atoms with E-state index < -0.39 is 6.10 Å². The first kappa shape index (κ1) is 13.1. The summed E-state index contributed by atoms with van der Waals surface area (Å²) in [6, 6.07) is 3.93. The number of pyridine rings is 1. The molecule has 16 heavy (non-hydrogen) atoms. The number of ether oxygens (including phenoxy) is 1. The van der Waals surface area contributed by atoms with E-state index >= 15 is 0 Å². The van der Waals surface area contributed by atoms with E-state index in [1.54, 1.807) is 13.3 Å². The lowest BCUT2D eigenvalue weighted by molar-refractivity contribution is 0.0848. The first-order valence-corrected chi connectivity index (χ1v) is 5.81. The van der Waals surface area contributed by atoms with Gasteiger partial charge in [-0.25, -0.2) is 0 Å². The molecule has 0 aliphatic carbocycles. The molecule has 0 fully saturated rings. The van der Waals surface area contributed by atoms with E-state index in [1.165, 1.54) is 0 Å². The van der Waals surface area contributed by atoms with Gasteiger partial charge in [0, 0.05) is 19.9 Å². The summed E-state index contributed by atoms with van der Waals surface area (Å²) in [5, 5.41) is 10.2. The van der Waals surface area contributed by atoms with E-state index in [2.05, 4.69) is 11.9 Å². The van der Waals surface area contributed by atoms with Crippen LogP contribution in [0.25, 0.3) is 0 Å². The van der Waals surface area contributed by atoms with Crippen LogP contribution < -0.4 is 0 Å². The van der Waals surface area contributed by atoms with Crippen molar-refractivity contribution in [3.05, 3.63) is 29.6 Å². The molecular formula is C13H21NO2. The van der Waals surface area contributed by atoms with Gasteiger partial charge >= 0.3 is 0 Å². The highest BCUT2D eigenvalue weighted by Gasteiger charge is 2.19. The van der Waals surface area contributed by atoms with Crippen molar-refractivity contribution in [2.24, 2.45) is 5.92 Å². The van der Waals surface area contributed by atoms with E-state index in [9.17, 15) is 5.11 Å². The van der Waals surface area contributed by atoms with Crippen molar-refractivity contribution < 1.29 is 9.84 Å². The summed E-state index contributed by atoms with van der Waals surface area (Å²) in [6.07, 6.45) is 2.99. The van der Waals surface area contributed by atoms with Crippen molar-refractivity contribution in [2.45, 2.75) is 32.8 Å². The summed E-state index contributed by atoms with van der Waals surface area (Å²) in [5.41, 5.74) is 1.94. The van der Waals surface area contributed by atoms with Gasteiger partial charge in [0.05, 0.1) is 11.8 Å². The molecule has 0 saturated carbocycles. The summed E-state index contributed by atoms with van der Waals surface area (Å²) in [7, 11) is 1.68. The van der Waals surface area contributed by atoms with E-state index in [-0.39, 0.29) is 5.92 Å². The number of hydrogen-bond donors (Lipinski definition) is 1. The Morgan fingerprint density at radius 2 is 2.25 bits per heavy atom. The van der Waals surface area contributed by atoms with Crippen molar-refractivity contribution in [2.75, 3.05) is 13.7 Å². The van der Waals surface area contributed by atoms with Gasteiger partial charge in [-0.3, -0.25) is 4.98 Å². The van der Waals surface area contributed by atoms with Crippen molar-refractivity contribution in [1.82, 2.24) is 4.98 Å². The second-order valence-electron chi connectivity index (χ2n) is 4.10. The minimum absolute atomic E-state index is 0.167. The maximum absolute atomic E-state index is 10.2. The Kier molecular flexibility index (Phi) is 5.43. The van der Waals surface area contributed by atoms with Crippen LogP contribution in [0, 0.1) is 5.92 Å². The Hall–Kier alpha value is -0.930. The van der Waals surface area contributed by atoms with Crippen LogP contribution in [-0.4, -0.2) is 23.8 Å². The van der Waals surface area contributed by atoms with Crippen molar-refractivity contribution >= 4 is 0 Å². The highest BCUT2D eigenvalue weighted by atomic mass is 16.5. The number of aromatic nitrogens is 1. The average Bonchev–Trinajstić information content (AvgIpc) is 2.34. The van der Waals surface area contributed by atoms with Crippen LogP contribution in [0.15, 0.2) is 18.3 Å². The van der Waals surface area contributed by atoms with Crippen LogP contribution in [0.2, 0.25) is 0 Å². The zero-order valence-electron chi connectivity index (χ0n) is 10.3. The Bertz CT molecular complexity index is 315. The number of nitrogens with zero attached hydrogens (tertiary/aromatic N) is 1. The SMILES string of the molecule is CCc1cccnc1C(O)C(C)CCOC. The van der Waals surface area contributed by atoms with E-state index in [0.717, 1.165) is 24.1 Å². The maximum Gasteiger partial charge on any atom is 0.0988 e. The predicted molar refractivity (Wildman–Crippen MR) is 64.2 cm³/mol. The Labute approximate surface area is 97.5 Å². The van der Waals surface area contributed by atoms with Gasteiger partial charge in [-0.15, -0.1) is 0 Å². The quantitative estimate of drug-likeness (QED) is 0.805. The number of aryl methyl sites for hydroxylation is 1. The lowest BCUT2D eigenvalue weighted by Gasteiger charge is -2.20. The molecule has 1 aromatic heterocycles. The highest BCUT2D eigenvalue weighted by molar-refractivity contribution is 5.22. The second kappa shape index (κ2) is 6.61. The van der Waals surface area contributed by atoms with Crippen LogP contribution in [0.5, 0.6) is 0 Å². The predicted octanol–water partition coefficient (Wildman–Crippen LogP) is 2.35. The molecule has 0 bridgehead atoms. The third-order valence-electron chi connectivity index (χ3n) is 2.90. The Morgan fingerprint density at radius 3 is 2.88 bits per heavy atom. The Balaban J connectivity index is 2.74. The third kappa shape index (κ3) is 3.29. The summed E-state index contributed by atoms with van der Waals surface area (Å²) >= 11 is 0. The summed E-state index contributed by atoms with van der Waals surface area (Å²) < 4.78 is 5.02. The van der Waals surface area contributed by atoms with Gasteiger partial charge in [0.25, 0.3) is 0 Å². The first-order valence-electron chi connectivity index (χ1n) is 5.81. The van der Waals surface area contributed by atoms with Crippen LogP contribution in [-0.2, 0) is 11.2 Å². The van der Waals surface area contributed by atoms with Crippen molar-refractivity contribution in [3.8, 4) is 0 Å². The minimum atomic E-state index is -0.494. The highest BCUT2D eigenvalue weighted by Crippen LogP contribution is 2.25. The van der Waals surface area contributed by atoms with Crippen LogP contribution in [0.1, 0.15) is 37.6 Å². The van der Waals surface area contributed by atoms with Crippen molar-refractivity contribution in [3.63, 3.8) is 0 Å². The number of methoxy groups -OCH3 is 1. The number of aliphatic hydroxyl groups is 1. The molecule has 1 heterocycles. The molecule has 0 saturated heterocycles. The molecule has 0 aliphatic heterocycles. The third-order valence-corrected chi connectivity index (χ3v) is 2.90. The summed E-state index contributed by atoms with van der Waals surface area (Å²) in [6.45, 7) is 4.78. The van der Waals surface area contributed by atoms with Gasteiger partial charge < -0.3 is 9.84 Å². The normalized spacial score (nSPS) is 14.8. The molecule has 90 valence electrons. The molecule has 0 spiro atoms. The fourth-order valence-corrected chi connectivity index (χ4v) is 1.75. The molecule has 3 heteroatoms. The second-order valence-corrected chi connectivity index (χ2v) is 4.10. The van der Waals surface area contributed by atoms with Gasteiger partial charge in [-0.2, -0.15) is 0 Å². The molecule has 3 nitrogen and oxygen atoms in total. The lowest BCUT2D eigenvalue weighted by atomic mass is 9.95. The Morgan fingerprint density at radius 1 is 1.50 bits per heavy atom. The van der Waals surface area contributed by atoms with Crippen molar-refractivity contribution in [1.29, 1.82) is 0 Å². The molecule has 1 N–H and O–H groups in total. The molecule has 0 amide bonds. The fraction of sp³-hybridized carbons (Fsp3) is 0.615. The largest absolute Gasteiger partial charge is 0.387 e. The van der Waals surface area contributed by atoms with E-state index in [1.807, 2.05) is 19.1 Å². The van der Waals surface area contributed by atoms with Gasteiger partial charge in [0.1, 0.15) is 0 Å². The van der Waals surface area contributed by atoms with Crippen LogP contribution in [0.3, 0.4) is 0 Å². The molecule has 0 radical (unpaired) electrons. The van der Waals surface area contributed by atoms with E-state index in [4.69, 9.17) is 4.74 Å². The number of aliphatic hydroxyl groups excluding tert-OH is 1. The lowest BCUT2D eigenvalue weighted by Crippen LogP contribution is -2.14. The van der Waals surface area contributed by atoms with Gasteiger partial charge in [0.15, 0.2) is 0 Å². The average molecular weight is 223 g/mol. The monoisotopic (exact) mass is 223 g/mol. The molecule has 1 aromatic rings. The van der Waals surface area contributed by atoms with Crippen LogP contribution >= 0.6 is 0 Å². The topological polar surface area (TPSA) is 42.4 Å². The van der Waals surface area contributed by atoms with Gasteiger partial charge in [-0.05, 0) is 30.4 Å². The maximum atomic E-state index is 10.2. The minimum Gasteiger partial charge on any atom is -0.387 e. The number of rotatable bonds is 6. The molecule has 0 aromatic carbocycles. The van der Waals surface area contributed by atoms with Crippen LogP contribution in [0.4, 0.5) is 0 Å². The molecule has 2 unspecified atom stereocenters. The molecule has 0 aliphatic rings. The number of hydrogen-bond acceptors (Lipinski definition) is 3. The fourth-order valence-electron chi connectivity index (χ4n) is 1.75. The van der Waals surface area contributed by atoms with Gasteiger partial charge in [0.2, 0.25) is 0 Å².